The molecule has 0 aliphatic carbocycles. The summed E-state index contributed by atoms with van der Waals surface area (Å²) in [6.07, 6.45) is 0.615. The Morgan fingerprint density at radius 1 is 1.53 bits per heavy atom. The summed E-state index contributed by atoms with van der Waals surface area (Å²) in [6, 6.07) is 5.31. The number of carbonyl (C=O) groups is 2. The van der Waals surface area contributed by atoms with Crippen molar-refractivity contribution in [2.24, 2.45) is 0 Å². The molecule has 1 unspecified atom stereocenters. The van der Waals surface area contributed by atoms with Crippen LogP contribution in [-0.4, -0.2) is 32.3 Å². The van der Waals surface area contributed by atoms with Crippen LogP contribution in [0.5, 0.6) is 5.75 Å². The van der Waals surface area contributed by atoms with Crippen LogP contribution in [0.3, 0.4) is 0 Å². The van der Waals surface area contributed by atoms with E-state index in [1.165, 1.54) is 7.11 Å². The fourth-order valence-electron chi connectivity index (χ4n) is 1.90. The highest BCUT2D eigenvalue weighted by atomic mass is 79.9. The van der Waals surface area contributed by atoms with Gasteiger partial charge in [-0.2, -0.15) is 0 Å². The molecule has 0 aromatic heterocycles. The van der Waals surface area contributed by atoms with E-state index in [2.05, 4.69) is 20.7 Å². The fraction of sp³-hybridized carbons (Fsp3) is 0.385. The Morgan fingerprint density at radius 2 is 2.32 bits per heavy atom. The normalized spacial score (nSPS) is 18.0. The molecule has 0 saturated carbocycles. The van der Waals surface area contributed by atoms with Gasteiger partial charge in [0.15, 0.2) is 6.61 Å². The number of rotatable bonds is 4. The van der Waals surface area contributed by atoms with Crippen LogP contribution in [0.4, 0.5) is 0 Å². The second kappa shape index (κ2) is 6.06. The van der Waals surface area contributed by atoms with Crippen molar-refractivity contribution in [1.29, 1.82) is 0 Å². The van der Waals surface area contributed by atoms with Gasteiger partial charge in [0.2, 0.25) is 0 Å². The first-order valence-electron chi connectivity index (χ1n) is 5.77. The first kappa shape index (κ1) is 13.9. The summed E-state index contributed by atoms with van der Waals surface area (Å²) in [5.74, 6) is -0.577. The van der Waals surface area contributed by atoms with E-state index in [0.29, 0.717) is 18.8 Å². The van der Waals surface area contributed by atoms with Crippen molar-refractivity contribution in [3.8, 4) is 5.75 Å². The van der Waals surface area contributed by atoms with Crippen LogP contribution < -0.4 is 4.74 Å². The molecule has 0 spiro atoms. The third-order valence-electron chi connectivity index (χ3n) is 2.86. The largest absolute Gasteiger partial charge is 0.482 e. The standard InChI is InChI=1S/C13H13BrO5/c1-17-12(15)7-19-11-3-2-8(14)6-10(11)9-4-5-18-13(9)16/h2-3,6,9H,4-5,7H2,1H3. The highest BCUT2D eigenvalue weighted by molar-refractivity contribution is 9.10. The number of esters is 2. The van der Waals surface area contributed by atoms with Gasteiger partial charge in [-0.15, -0.1) is 0 Å². The summed E-state index contributed by atoms with van der Waals surface area (Å²) in [4.78, 5) is 22.7. The van der Waals surface area contributed by atoms with Gasteiger partial charge < -0.3 is 14.2 Å². The molecular weight excluding hydrogens is 316 g/mol. The Labute approximate surface area is 119 Å². The lowest BCUT2D eigenvalue weighted by molar-refractivity contribution is -0.142. The summed E-state index contributed by atoms with van der Waals surface area (Å²) in [5.41, 5.74) is 0.723. The first-order valence-corrected chi connectivity index (χ1v) is 6.57. The van der Waals surface area contributed by atoms with Crippen LogP contribution in [-0.2, 0) is 19.1 Å². The van der Waals surface area contributed by atoms with Crippen molar-refractivity contribution in [1.82, 2.24) is 0 Å². The van der Waals surface area contributed by atoms with Gasteiger partial charge >= 0.3 is 11.9 Å². The third kappa shape index (κ3) is 3.26. The van der Waals surface area contributed by atoms with Gasteiger partial charge in [-0.1, -0.05) is 15.9 Å². The average Bonchev–Trinajstić information content (AvgIpc) is 2.83. The number of carbonyl (C=O) groups excluding carboxylic acids is 2. The van der Waals surface area contributed by atoms with E-state index in [-0.39, 0.29) is 18.5 Å². The molecule has 1 aromatic rings. The maximum absolute atomic E-state index is 11.6. The molecule has 19 heavy (non-hydrogen) atoms. The van der Waals surface area contributed by atoms with E-state index < -0.39 is 5.97 Å². The third-order valence-corrected chi connectivity index (χ3v) is 3.35. The van der Waals surface area contributed by atoms with Crippen LogP contribution >= 0.6 is 15.9 Å². The maximum Gasteiger partial charge on any atom is 0.343 e. The maximum atomic E-state index is 11.6. The van der Waals surface area contributed by atoms with E-state index in [9.17, 15) is 9.59 Å². The van der Waals surface area contributed by atoms with Crippen LogP contribution in [0.1, 0.15) is 17.9 Å². The number of ether oxygens (including phenoxy) is 3. The number of halogens is 1. The molecule has 102 valence electrons. The predicted molar refractivity (Wildman–Crippen MR) is 70.0 cm³/mol. The lowest BCUT2D eigenvalue weighted by atomic mass is 9.97. The highest BCUT2D eigenvalue weighted by Gasteiger charge is 2.30. The van der Waals surface area contributed by atoms with Crippen LogP contribution in [0.2, 0.25) is 0 Å². The highest BCUT2D eigenvalue weighted by Crippen LogP contribution is 2.35. The smallest absolute Gasteiger partial charge is 0.343 e. The minimum Gasteiger partial charge on any atom is -0.482 e. The van der Waals surface area contributed by atoms with E-state index in [1.807, 2.05) is 6.07 Å². The molecule has 1 heterocycles. The summed E-state index contributed by atoms with van der Waals surface area (Å²) in [6.45, 7) is 0.222. The minimum atomic E-state index is -0.470. The van der Waals surface area contributed by atoms with E-state index in [0.717, 1.165) is 10.0 Å². The lowest BCUT2D eigenvalue weighted by Crippen LogP contribution is -2.15. The molecule has 0 bridgehead atoms. The fourth-order valence-corrected chi connectivity index (χ4v) is 2.28. The quantitative estimate of drug-likeness (QED) is 0.791. The molecule has 2 rings (SSSR count). The second-order valence-electron chi connectivity index (χ2n) is 4.06. The Morgan fingerprint density at radius 3 is 2.95 bits per heavy atom. The van der Waals surface area contributed by atoms with Gasteiger partial charge in [0.25, 0.3) is 0 Å². The number of hydrogen-bond donors (Lipinski definition) is 0. The van der Waals surface area contributed by atoms with Crippen LogP contribution in [0.25, 0.3) is 0 Å². The molecule has 1 aliphatic heterocycles. The zero-order chi connectivity index (χ0) is 13.8. The SMILES string of the molecule is COC(=O)COc1ccc(Br)cc1C1CCOC1=O. The molecular formula is C13H13BrO5. The van der Waals surface area contributed by atoms with Gasteiger partial charge in [0.1, 0.15) is 5.75 Å². The lowest BCUT2D eigenvalue weighted by Gasteiger charge is -2.13. The van der Waals surface area contributed by atoms with Gasteiger partial charge in [0, 0.05) is 10.0 Å². The predicted octanol–water partition coefficient (Wildman–Crippen LogP) is 2.03. The van der Waals surface area contributed by atoms with Crippen molar-refractivity contribution in [2.45, 2.75) is 12.3 Å². The molecule has 1 aromatic carbocycles. The van der Waals surface area contributed by atoms with Crippen LogP contribution in [0.15, 0.2) is 22.7 Å². The number of cyclic esters (lactones) is 1. The van der Waals surface area contributed by atoms with Crippen molar-refractivity contribution >= 4 is 27.9 Å². The number of benzene rings is 1. The van der Waals surface area contributed by atoms with Gasteiger partial charge in [0.05, 0.1) is 19.6 Å². The second-order valence-corrected chi connectivity index (χ2v) is 4.97. The minimum absolute atomic E-state index is 0.188. The van der Waals surface area contributed by atoms with E-state index >= 15 is 0 Å². The Balaban J connectivity index is 2.22. The molecule has 0 N–H and O–H groups in total. The Kier molecular flexibility index (Phi) is 4.42. The molecule has 6 heteroatoms. The van der Waals surface area contributed by atoms with Gasteiger partial charge in [-0.25, -0.2) is 4.79 Å². The molecule has 1 atom stereocenters. The zero-order valence-electron chi connectivity index (χ0n) is 10.3. The van der Waals surface area contributed by atoms with Crippen molar-refractivity contribution in [3.05, 3.63) is 28.2 Å². The van der Waals surface area contributed by atoms with Crippen molar-refractivity contribution < 1.29 is 23.8 Å². The molecule has 1 aliphatic rings. The molecule has 5 nitrogen and oxygen atoms in total. The van der Waals surface area contributed by atoms with Crippen molar-refractivity contribution in [2.75, 3.05) is 20.3 Å². The summed E-state index contributed by atoms with van der Waals surface area (Å²) >= 11 is 3.36. The molecule has 1 fully saturated rings. The zero-order valence-corrected chi connectivity index (χ0v) is 11.9. The van der Waals surface area contributed by atoms with E-state index in [1.54, 1.807) is 12.1 Å². The Bertz CT molecular complexity index is 500. The molecule has 1 saturated heterocycles. The number of methoxy groups -OCH3 is 1. The molecule has 0 radical (unpaired) electrons. The first-order chi connectivity index (χ1) is 9.11. The summed E-state index contributed by atoms with van der Waals surface area (Å²) in [5, 5.41) is 0. The van der Waals surface area contributed by atoms with E-state index in [4.69, 9.17) is 9.47 Å². The van der Waals surface area contributed by atoms with Gasteiger partial charge in [-0.05, 0) is 24.6 Å². The monoisotopic (exact) mass is 328 g/mol. The topological polar surface area (TPSA) is 61.8 Å². The summed E-state index contributed by atoms with van der Waals surface area (Å²) in [7, 11) is 1.29. The number of hydrogen-bond acceptors (Lipinski definition) is 5. The van der Waals surface area contributed by atoms with Gasteiger partial charge in [-0.3, -0.25) is 4.79 Å². The Hall–Kier alpha value is -1.56. The average molecular weight is 329 g/mol. The van der Waals surface area contributed by atoms with Crippen molar-refractivity contribution in [3.63, 3.8) is 0 Å². The van der Waals surface area contributed by atoms with Crippen LogP contribution in [0, 0.1) is 0 Å². The summed E-state index contributed by atoms with van der Waals surface area (Å²) < 4.78 is 15.7. The molecule has 0 amide bonds.